The maximum Gasteiger partial charge on any atom is 0.337 e. The maximum absolute atomic E-state index is 12.6. The number of benzene rings is 2. The van der Waals surface area contributed by atoms with E-state index in [1.54, 1.807) is 42.6 Å². The van der Waals surface area contributed by atoms with Crippen LogP contribution < -0.4 is 10.6 Å². The molecule has 142 valence electrons. The number of nitrogens with one attached hydrogen (secondary N) is 2. The van der Waals surface area contributed by atoms with Crippen molar-refractivity contribution in [2.24, 2.45) is 0 Å². The number of nitrogens with zero attached hydrogens (tertiary/aromatic N) is 1. The van der Waals surface area contributed by atoms with Crippen molar-refractivity contribution in [2.45, 2.75) is 13.8 Å². The van der Waals surface area contributed by atoms with Crippen LogP contribution in [0.15, 0.2) is 60.8 Å². The minimum atomic E-state index is -0.458. The van der Waals surface area contributed by atoms with Crippen LogP contribution in [0.25, 0.3) is 0 Å². The minimum absolute atomic E-state index is 0.298. The van der Waals surface area contributed by atoms with E-state index < -0.39 is 5.97 Å². The number of anilines is 3. The first-order chi connectivity index (χ1) is 13.5. The van der Waals surface area contributed by atoms with Gasteiger partial charge in [0.1, 0.15) is 5.82 Å². The smallest absolute Gasteiger partial charge is 0.337 e. The highest BCUT2D eigenvalue weighted by atomic mass is 16.5. The predicted octanol–water partition coefficient (Wildman–Crippen LogP) is 4.48. The molecule has 3 rings (SSSR count). The lowest BCUT2D eigenvalue weighted by Gasteiger charge is -2.11. The zero-order chi connectivity index (χ0) is 20.1. The molecule has 6 heteroatoms. The number of aryl methyl sites for hydroxylation is 2. The molecule has 2 aromatic carbocycles. The first-order valence-electron chi connectivity index (χ1n) is 8.76. The molecule has 1 heterocycles. The highest BCUT2D eigenvalue weighted by Gasteiger charge is 2.11. The molecule has 6 nitrogen and oxygen atoms in total. The first kappa shape index (κ1) is 19.1. The van der Waals surface area contributed by atoms with Crippen molar-refractivity contribution in [3.05, 3.63) is 83.0 Å². The molecule has 1 aromatic heterocycles. The second-order valence-corrected chi connectivity index (χ2v) is 6.40. The number of carbonyl (C=O) groups excluding carboxylic acids is 2. The van der Waals surface area contributed by atoms with Gasteiger partial charge in [-0.3, -0.25) is 4.79 Å². The predicted molar refractivity (Wildman–Crippen MR) is 109 cm³/mol. The summed E-state index contributed by atoms with van der Waals surface area (Å²) in [5.41, 5.74) is 4.53. The van der Waals surface area contributed by atoms with Gasteiger partial charge in [-0.15, -0.1) is 0 Å². The second kappa shape index (κ2) is 8.35. The third kappa shape index (κ3) is 4.54. The Hall–Kier alpha value is -3.67. The molecule has 0 aliphatic carbocycles. The van der Waals surface area contributed by atoms with Gasteiger partial charge in [-0.2, -0.15) is 0 Å². The maximum atomic E-state index is 12.6. The van der Waals surface area contributed by atoms with Crippen LogP contribution in [0.4, 0.5) is 17.2 Å². The molecule has 0 unspecified atom stereocenters. The van der Waals surface area contributed by atoms with Gasteiger partial charge in [-0.05, 0) is 55.8 Å². The average Bonchev–Trinajstić information content (AvgIpc) is 2.70. The molecular formula is C22H21N3O3. The van der Waals surface area contributed by atoms with Crippen molar-refractivity contribution in [3.63, 3.8) is 0 Å². The number of amides is 1. The number of esters is 1. The van der Waals surface area contributed by atoms with Gasteiger partial charge < -0.3 is 15.4 Å². The minimum Gasteiger partial charge on any atom is -0.465 e. The van der Waals surface area contributed by atoms with Crippen molar-refractivity contribution >= 4 is 29.1 Å². The van der Waals surface area contributed by atoms with Crippen LogP contribution >= 0.6 is 0 Å². The van der Waals surface area contributed by atoms with Crippen LogP contribution in [0.1, 0.15) is 31.8 Å². The van der Waals surface area contributed by atoms with Gasteiger partial charge in [-0.25, -0.2) is 9.78 Å². The third-order valence-corrected chi connectivity index (χ3v) is 4.21. The fraction of sp³-hybridized carbons (Fsp3) is 0.136. The van der Waals surface area contributed by atoms with Gasteiger partial charge in [0.15, 0.2) is 0 Å². The van der Waals surface area contributed by atoms with E-state index in [1.807, 2.05) is 26.0 Å². The summed E-state index contributed by atoms with van der Waals surface area (Å²) < 4.78 is 4.70. The number of carbonyl (C=O) groups is 2. The number of hydrogen-bond donors (Lipinski definition) is 2. The van der Waals surface area contributed by atoms with Gasteiger partial charge >= 0.3 is 5.97 Å². The zero-order valence-electron chi connectivity index (χ0n) is 15.9. The van der Waals surface area contributed by atoms with Crippen LogP contribution in [-0.2, 0) is 4.74 Å². The lowest BCUT2D eigenvalue weighted by molar-refractivity contribution is 0.0600. The lowest BCUT2D eigenvalue weighted by Crippen LogP contribution is -2.13. The van der Waals surface area contributed by atoms with Gasteiger partial charge in [0.25, 0.3) is 5.91 Å². The van der Waals surface area contributed by atoms with Gasteiger partial charge in [0.2, 0.25) is 0 Å². The van der Waals surface area contributed by atoms with Crippen molar-refractivity contribution in [1.29, 1.82) is 0 Å². The van der Waals surface area contributed by atoms with E-state index in [1.165, 1.54) is 12.7 Å². The van der Waals surface area contributed by atoms with E-state index in [-0.39, 0.29) is 5.91 Å². The molecule has 3 aromatic rings. The summed E-state index contributed by atoms with van der Waals surface area (Å²) in [6.07, 6.45) is 1.58. The van der Waals surface area contributed by atoms with Crippen LogP contribution in [0, 0.1) is 13.8 Å². The zero-order valence-corrected chi connectivity index (χ0v) is 15.9. The summed E-state index contributed by atoms with van der Waals surface area (Å²) in [5, 5.41) is 6.02. The van der Waals surface area contributed by atoms with Crippen molar-refractivity contribution < 1.29 is 14.3 Å². The summed E-state index contributed by atoms with van der Waals surface area (Å²) in [6.45, 7) is 4.05. The van der Waals surface area contributed by atoms with Crippen LogP contribution in [0.3, 0.4) is 0 Å². The van der Waals surface area contributed by atoms with Crippen molar-refractivity contribution in [2.75, 3.05) is 17.7 Å². The molecule has 0 saturated heterocycles. The lowest BCUT2D eigenvalue weighted by atomic mass is 10.1. The highest BCUT2D eigenvalue weighted by Crippen LogP contribution is 2.21. The molecule has 0 bridgehead atoms. The fourth-order valence-electron chi connectivity index (χ4n) is 2.78. The van der Waals surface area contributed by atoms with E-state index in [0.29, 0.717) is 22.6 Å². The largest absolute Gasteiger partial charge is 0.465 e. The Morgan fingerprint density at radius 3 is 2.54 bits per heavy atom. The third-order valence-electron chi connectivity index (χ3n) is 4.21. The molecule has 0 radical (unpaired) electrons. The molecule has 28 heavy (non-hydrogen) atoms. The van der Waals surface area contributed by atoms with Crippen LogP contribution in [0.2, 0.25) is 0 Å². The first-order valence-corrected chi connectivity index (χ1v) is 8.76. The molecule has 0 atom stereocenters. The fourth-order valence-corrected chi connectivity index (χ4v) is 2.78. The summed E-state index contributed by atoms with van der Waals surface area (Å²) in [5.74, 6) is -0.184. The van der Waals surface area contributed by atoms with E-state index in [9.17, 15) is 9.59 Å². The average molecular weight is 375 g/mol. The molecule has 0 aliphatic heterocycles. The molecular weight excluding hydrogens is 354 g/mol. The Kier molecular flexibility index (Phi) is 5.69. The standard InChI is InChI=1S/C22H21N3O3/c1-14-7-8-19(15(2)11-14)25-20-13-16(9-10-23-20)21(26)24-18-6-4-5-17(12-18)22(27)28-3/h4-13H,1-3H3,(H,23,25)(H,24,26). The topological polar surface area (TPSA) is 80.3 Å². The van der Waals surface area contributed by atoms with E-state index >= 15 is 0 Å². The summed E-state index contributed by atoms with van der Waals surface area (Å²) in [6, 6.07) is 16.0. The molecule has 2 N–H and O–H groups in total. The number of aromatic nitrogens is 1. The van der Waals surface area contributed by atoms with E-state index in [2.05, 4.69) is 21.7 Å². The van der Waals surface area contributed by atoms with Gasteiger partial charge in [-0.1, -0.05) is 23.8 Å². The Morgan fingerprint density at radius 1 is 0.964 bits per heavy atom. The number of pyridine rings is 1. The number of methoxy groups -OCH3 is 1. The monoisotopic (exact) mass is 375 g/mol. The SMILES string of the molecule is COC(=O)c1cccc(NC(=O)c2ccnc(Nc3ccc(C)cc3C)c2)c1. The Labute approximate surface area is 163 Å². The van der Waals surface area contributed by atoms with Crippen LogP contribution in [-0.4, -0.2) is 24.0 Å². The normalized spacial score (nSPS) is 10.2. The Morgan fingerprint density at radius 2 is 1.79 bits per heavy atom. The number of ether oxygens (including phenoxy) is 1. The molecule has 0 fully saturated rings. The second-order valence-electron chi connectivity index (χ2n) is 6.40. The van der Waals surface area contributed by atoms with Crippen LogP contribution in [0.5, 0.6) is 0 Å². The molecule has 0 spiro atoms. The molecule has 1 amide bonds. The van der Waals surface area contributed by atoms with Crippen molar-refractivity contribution in [1.82, 2.24) is 4.98 Å². The van der Waals surface area contributed by atoms with Crippen molar-refractivity contribution in [3.8, 4) is 0 Å². The van der Waals surface area contributed by atoms with E-state index in [0.717, 1.165) is 11.3 Å². The number of rotatable bonds is 5. The molecule has 0 saturated carbocycles. The Bertz CT molecular complexity index is 1030. The molecule has 0 aliphatic rings. The Balaban J connectivity index is 1.76. The summed E-state index contributed by atoms with van der Waals surface area (Å²) in [7, 11) is 1.31. The summed E-state index contributed by atoms with van der Waals surface area (Å²) >= 11 is 0. The quantitative estimate of drug-likeness (QED) is 0.643. The highest BCUT2D eigenvalue weighted by molar-refractivity contribution is 6.05. The number of hydrogen-bond acceptors (Lipinski definition) is 5. The van der Waals surface area contributed by atoms with Gasteiger partial charge in [0.05, 0.1) is 12.7 Å². The van der Waals surface area contributed by atoms with E-state index in [4.69, 9.17) is 4.74 Å². The van der Waals surface area contributed by atoms with Gasteiger partial charge in [0, 0.05) is 23.1 Å². The summed E-state index contributed by atoms with van der Waals surface area (Å²) in [4.78, 5) is 28.5.